The topological polar surface area (TPSA) is 82.6 Å². The summed E-state index contributed by atoms with van der Waals surface area (Å²) in [6.45, 7) is 2.11. The molecular weight excluding hydrogens is 400 g/mol. The normalized spacial score (nSPS) is 10.6. The predicted molar refractivity (Wildman–Crippen MR) is 121 cm³/mol. The highest BCUT2D eigenvalue weighted by Gasteiger charge is 2.06. The molecule has 0 aliphatic heterocycles. The molecule has 0 fully saturated rings. The Kier molecular flexibility index (Phi) is 7.19. The number of halogens is 1. The van der Waals surface area contributed by atoms with E-state index in [0.717, 1.165) is 16.8 Å². The second-order valence-electron chi connectivity index (χ2n) is 6.60. The number of rotatable bonds is 7. The lowest BCUT2D eigenvalue weighted by atomic mass is 10.2. The average Bonchev–Trinajstić information content (AvgIpc) is 2.74. The lowest BCUT2D eigenvalue weighted by Crippen LogP contribution is -2.25. The molecule has 2 amide bonds. The van der Waals surface area contributed by atoms with Crippen LogP contribution in [0.25, 0.3) is 0 Å². The van der Waals surface area contributed by atoms with Crippen LogP contribution in [0.3, 0.4) is 0 Å². The molecule has 0 aromatic heterocycles. The maximum Gasteiger partial charge on any atom is 0.259 e. The van der Waals surface area contributed by atoms with Crippen molar-refractivity contribution in [3.05, 3.63) is 94.5 Å². The van der Waals surface area contributed by atoms with Gasteiger partial charge < -0.3 is 10.6 Å². The van der Waals surface area contributed by atoms with E-state index < -0.39 is 0 Å². The number of anilines is 2. The van der Waals surface area contributed by atoms with Gasteiger partial charge in [0.1, 0.15) is 0 Å². The van der Waals surface area contributed by atoms with E-state index in [-0.39, 0.29) is 18.4 Å². The molecule has 0 spiro atoms. The van der Waals surface area contributed by atoms with Gasteiger partial charge >= 0.3 is 0 Å². The minimum atomic E-state index is -0.265. The first-order valence-corrected chi connectivity index (χ1v) is 9.67. The summed E-state index contributed by atoms with van der Waals surface area (Å²) in [7, 11) is 0. The fourth-order valence-electron chi connectivity index (χ4n) is 2.57. The van der Waals surface area contributed by atoms with Crippen molar-refractivity contribution in [3.63, 3.8) is 0 Å². The summed E-state index contributed by atoms with van der Waals surface area (Å²) >= 11 is 5.84. The zero-order valence-electron chi connectivity index (χ0n) is 16.4. The van der Waals surface area contributed by atoms with Crippen LogP contribution >= 0.6 is 11.6 Å². The van der Waals surface area contributed by atoms with Gasteiger partial charge in [-0.05, 0) is 61.0 Å². The standard InChI is InChI=1S/C23H21ClN4O2/c1-16-5-11-20(12-6-16)25-15-22(29)28-26-14-17-3-2-4-21(13-17)27-23(30)18-7-9-19(24)10-8-18/h2-14,25H,15H2,1H3,(H,27,30)(H,28,29)/b26-14+. The number of carbonyl (C=O) groups excluding carboxylic acids is 2. The van der Waals surface area contributed by atoms with E-state index in [2.05, 4.69) is 21.2 Å². The maximum atomic E-state index is 12.3. The molecule has 3 rings (SSSR count). The summed E-state index contributed by atoms with van der Waals surface area (Å²) in [6.07, 6.45) is 1.52. The lowest BCUT2D eigenvalue weighted by molar-refractivity contribution is -0.119. The van der Waals surface area contributed by atoms with Gasteiger partial charge in [0.15, 0.2) is 0 Å². The second kappa shape index (κ2) is 10.2. The van der Waals surface area contributed by atoms with Gasteiger partial charge in [0.05, 0.1) is 12.8 Å². The van der Waals surface area contributed by atoms with Crippen molar-refractivity contribution in [2.75, 3.05) is 17.2 Å². The SMILES string of the molecule is Cc1ccc(NCC(=O)N/N=C/c2cccc(NC(=O)c3ccc(Cl)cc3)c2)cc1. The third kappa shape index (κ3) is 6.46. The molecule has 0 radical (unpaired) electrons. The molecule has 6 nitrogen and oxygen atoms in total. The van der Waals surface area contributed by atoms with Gasteiger partial charge in [-0.3, -0.25) is 9.59 Å². The average molecular weight is 421 g/mol. The Balaban J connectivity index is 1.50. The largest absolute Gasteiger partial charge is 0.376 e. The van der Waals surface area contributed by atoms with Gasteiger partial charge in [-0.2, -0.15) is 5.10 Å². The Hall–Kier alpha value is -3.64. The van der Waals surface area contributed by atoms with Crippen LogP contribution in [0.1, 0.15) is 21.5 Å². The quantitative estimate of drug-likeness (QED) is 0.389. The minimum Gasteiger partial charge on any atom is -0.376 e. The number of carbonyl (C=O) groups is 2. The monoisotopic (exact) mass is 420 g/mol. The van der Waals surface area contributed by atoms with Gasteiger partial charge in [-0.1, -0.05) is 41.4 Å². The smallest absolute Gasteiger partial charge is 0.259 e. The molecule has 3 N–H and O–H groups in total. The van der Waals surface area contributed by atoms with E-state index in [1.165, 1.54) is 6.21 Å². The summed E-state index contributed by atoms with van der Waals surface area (Å²) < 4.78 is 0. The van der Waals surface area contributed by atoms with E-state index >= 15 is 0 Å². The van der Waals surface area contributed by atoms with Gasteiger partial charge in [-0.15, -0.1) is 0 Å². The molecule has 0 heterocycles. The van der Waals surface area contributed by atoms with Gasteiger partial charge in [-0.25, -0.2) is 5.43 Å². The molecule has 0 atom stereocenters. The highest BCUT2D eigenvalue weighted by molar-refractivity contribution is 6.30. The van der Waals surface area contributed by atoms with Crippen molar-refractivity contribution in [1.82, 2.24) is 5.43 Å². The fraction of sp³-hybridized carbons (Fsp3) is 0.0870. The Morgan fingerprint density at radius 3 is 2.43 bits per heavy atom. The number of amides is 2. The third-order valence-electron chi connectivity index (χ3n) is 4.16. The summed E-state index contributed by atoms with van der Waals surface area (Å²) in [4.78, 5) is 24.2. The molecule has 3 aromatic carbocycles. The Labute approximate surface area is 180 Å². The number of hydrogen-bond donors (Lipinski definition) is 3. The zero-order valence-corrected chi connectivity index (χ0v) is 17.1. The van der Waals surface area contributed by atoms with Crippen LogP contribution in [0, 0.1) is 6.92 Å². The highest BCUT2D eigenvalue weighted by Crippen LogP contribution is 2.14. The van der Waals surface area contributed by atoms with E-state index in [1.807, 2.05) is 37.3 Å². The first-order chi connectivity index (χ1) is 14.5. The molecule has 0 aliphatic carbocycles. The Bertz CT molecular complexity index is 1050. The van der Waals surface area contributed by atoms with Crippen molar-refractivity contribution in [2.45, 2.75) is 6.92 Å². The van der Waals surface area contributed by atoms with Crippen LogP contribution in [0.4, 0.5) is 11.4 Å². The molecule has 7 heteroatoms. The van der Waals surface area contributed by atoms with Gasteiger partial charge in [0, 0.05) is 22.0 Å². The third-order valence-corrected chi connectivity index (χ3v) is 4.41. The van der Waals surface area contributed by atoms with Crippen molar-refractivity contribution in [3.8, 4) is 0 Å². The van der Waals surface area contributed by atoms with Crippen molar-refractivity contribution < 1.29 is 9.59 Å². The summed E-state index contributed by atoms with van der Waals surface area (Å²) in [5, 5.41) is 10.4. The number of benzene rings is 3. The van der Waals surface area contributed by atoms with Gasteiger partial charge in [0.25, 0.3) is 11.8 Å². The summed E-state index contributed by atoms with van der Waals surface area (Å²) in [6, 6.07) is 21.5. The van der Waals surface area contributed by atoms with E-state index in [4.69, 9.17) is 11.6 Å². The zero-order chi connectivity index (χ0) is 21.3. The minimum absolute atomic E-state index is 0.109. The Morgan fingerprint density at radius 2 is 1.70 bits per heavy atom. The van der Waals surface area contributed by atoms with E-state index in [0.29, 0.717) is 16.3 Å². The molecule has 3 aromatic rings. The van der Waals surface area contributed by atoms with Crippen molar-refractivity contribution in [2.24, 2.45) is 5.10 Å². The predicted octanol–water partition coefficient (Wildman–Crippen LogP) is 4.46. The molecular formula is C23H21ClN4O2. The first-order valence-electron chi connectivity index (χ1n) is 9.29. The number of aryl methyl sites for hydroxylation is 1. The molecule has 0 unspecified atom stereocenters. The highest BCUT2D eigenvalue weighted by atomic mass is 35.5. The van der Waals surface area contributed by atoms with E-state index in [9.17, 15) is 9.59 Å². The molecule has 0 bridgehead atoms. The summed E-state index contributed by atoms with van der Waals surface area (Å²) in [5.74, 6) is -0.504. The Morgan fingerprint density at radius 1 is 0.967 bits per heavy atom. The molecule has 30 heavy (non-hydrogen) atoms. The van der Waals surface area contributed by atoms with Crippen LogP contribution in [0.15, 0.2) is 77.9 Å². The van der Waals surface area contributed by atoms with Gasteiger partial charge in [0.2, 0.25) is 0 Å². The van der Waals surface area contributed by atoms with Crippen molar-refractivity contribution >= 4 is 41.0 Å². The number of hydrazone groups is 1. The molecule has 0 saturated carbocycles. The fourth-order valence-corrected chi connectivity index (χ4v) is 2.70. The summed E-state index contributed by atoms with van der Waals surface area (Å²) in [5.41, 5.74) is 6.35. The van der Waals surface area contributed by atoms with Crippen LogP contribution in [0.2, 0.25) is 5.02 Å². The van der Waals surface area contributed by atoms with Crippen LogP contribution in [-0.4, -0.2) is 24.6 Å². The van der Waals surface area contributed by atoms with E-state index in [1.54, 1.807) is 42.5 Å². The maximum absolute atomic E-state index is 12.3. The molecule has 0 aliphatic rings. The number of nitrogens with one attached hydrogen (secondary N) is 3. The van der Waals surface area contributed by atoms with Crippen molar-refractivity contribution in [1.29, 1.82) is 0 Å². The second-order valence-corrected chi connectivity index (χ2v) is 7.04. The first kappa shape index (κ1) is 21.1. The molecule has 152 valence electrons. The number of hydrogen-bond acceptors (Lipinski definition) is 4. The molecule has 0 saturated heterocycles. The lowest BCUT2D eigenvalue weighted by Gasteiger charge is -2.06. The van der Waals surface area contributed by atoms with Crippen LogP contribution in [-0.2, 0) is 4.79 Å². The van der Waals surface area contributed by atoms with Crippen LogP contribution < -0.4 is 16.1 Å². The number of nitrogens with zero attached hydrogens (tertiary/aromatic N) is 1. The van der Waals surface area contributed by atoms with Crippen LogP contribution in [0.5, 0.6) is 0 Å².